The highest BCUT2D eigenvalue weighted by atomic mass is 16.2. The summed E-state index contributed by atoms with van der Waals surface area (Å²) in [6, 6.07) is 8.30. The SMILES string of the molecule is Cc1cccc(CCN2CC(=O)NC(C)(C3CC3)C2=O)c1. The minimum absolute atomic E-state index is 0.0340. The van der Waals surface area contributed by atoms with Crippen molar-refractivity contribution in [2.24, 2.45) is 5.92 Å². The highest BCUT2D eigenvalue weighted by molar-refractivity contribution is 5.98. The lowest BCUT2D eigenvalue weighted by Gasteiger charge is -2.40. The topological polar surface area (TPSA) is 49.4 Å². The Labute approximate surface area is 125 Å². The van der Waals surface area contributed by atoms with Gasteiger partial charge in [-0.25, -0.2) is 0 Å². The van der Waals surface area contributed by atoms with Gasteiger partial charge in [0.25, 0.3) is 0 Å². The average Bonchev–Trinajstić information content (AvgIpc) is 3.26. The van der Waals surface area contributed by atoms with Crippen molar-refractivity contribution in [3.05, 3.63) is 35.4 Å². The summed E-state index contributed by atoms with van der Waals surface area (Å²) in [6.45, 7) is 4.74. The van der Waals surface area contributed by atoms with Gasteiger partial charge in [-0.1, -0.05) is 29.8 Å². The van der Waals surface area contributed by atoms with Crippen LogP contribution in [0.25, 0.3) is 0 Å². The molecule has 2 amide bonds. The summed E-state index contributed by atoms with van der Waals surface area (Å²) >= 11 is 0. The van der Waals surface area contributed by atoms with E-state index < -0.39 is 5.54 Å². The molecule has 112 valence electrons. The largest absolute Gasteiger partial charge is 0.340 e. The zero-order valence-corrected chi connectivity index (χ0v) is 12.7. The number of carbonyl (C=O) groups excluding carboxylic acids is 2. The molecule has 1 N–H and O–H groups in total. The number of carbonyl (C=O) groups is 2. The second kappa shape index (κ2) is 5.17. The maximum absolute atomic E-state index is 12.7. The summed E-state index contributed by atoms with van der Waals surface area (Å²) in [5.41, 5.74) is 1.75. The van der Waals surface area contributed by atoms with Crippen molar-refractivity contribution in [2.45, 2.75) is 38.6 Å². The first kappa shape index (κ1) is 14.1. The van der Waals surface area contributed by atoms with E-state index in [1.807, 2.05) is 13.0 Å². The third-order valence-electron chi connectivity index (χ3n) is 4.61. The molecule has 1 unspecified atom stereocenters. The van der Waals surface area contributed by atoms with Crippen molar-refractivity contribution < 1.29 is 9.59 Å². The molecule has 1 aliphatic carbocycles. The number of benzene rings is 1. The average molecular weight is 286 g/mol. The maximum Gasteiger partial charge on any atom is 0.248 e. The summed E-state index contributed by atoms with van der Waals surface area (Å²) in [4.78, 5) is 26.3. The fraction of sp³-hybridized carbons (Fsp3) is 0.529. The minimum atomic E-state index is -0.679. The molecule has 0 spiro atoms. The van der Waals surface area contributed by atoms with Crippen LogP contribution in [0.2, 0.25) is 0 Å². The van der Waals surface area contributed by atoms with Crippen molar-refractivity contribution in [2.75, 3.05) is 13.1 Å². The van der Waals surface area contributed by atoms with Crippen LogP contribution in [0.1, 0.15) is 30.9 Å². The van der Waals surface area contributed by atoms with E-state index in [4.69, 9.17) is 0 Å². The Morgan fingerprint density at radius 1 is 1.33 bits per heavy atom. The molecule has 1 aromatic rings. The van der Waals surface area contributed by atoms with E-state index in [0.29, 0.717) is 12.5 Å². The predicted molar refractivity (Wildman–Crippen MR) is 80.7 cm³/mol. The Kier molecular flexibility index (Phi) is 3.47. The predicted octanol–water partition coefficient (Wildman–Crippen LogP) is 1.66. The number of rotatable bonds is 4. The standard InChI is InChI=1S/C17H22N2O2/c1-12-4-3-5-13(10-12)8-9-19-11-15(20)18-17(2,16(19)21)14-6-7-14/h3-5,10,14H,6-9,11H2,1-2H3,(H,18,20). The monoisotopic (exact) mass is 286 g/mol. The lowest BCUT2D eigenvalue weighted by atomic mass is 9.91. The van der Waals surface area contributed by atoms with Crippen LogP contribution in [0, 0.1) is 12.8 Å². The third kappa shape index (κ3) is 2.80. The van der Waals surface area contributed by atoms with Crippen LogP contribution in [-0.2, 0) is 16.0 Å². The first-order chi connectivity index (χ1) is 9.99. The number of amides is 2. The molecule has 1 atom stereocenters. The normalized spacial score (nSPS) is 25.9. The second-order valence-electron chi connectivity index (χ2n) is 6.49. The van der Waals surface area contributed by atoms with Gasteiger partial charge in [0, 0.05) is 6.54 Å². The molecule has 2 aliphatic rings. The lowest BCUT2D eigenvalue weighted by molar-refractivity contribution is -0.150. The van der Waals surface area contributed by atoms with Gasteiger partial charge in [-0.05, 0) is 44.6 Å². The van der Waals surface area contributed by atoms with Gasteiger partial charge in [0.2, 0.25) is 11.8 Å². The molecule has 0 aromatic heterocycles. The van der Waals surface area contributed by atoms with Crippen molar-refractivity contribution in [1.29, 1.82) is 0 Å². The van der Waals surface area contributed by atoms with Gasteiger partial charge in [0.1, 0.15) is 5.54 Å². The number of hydrogen-bond acceptors (Lipinski definition) is 2. The zero-order chi connectivity index (χ0) is 15.0. The number of aryl methyl sites for hydroxylation is 1. The molecule has 21 heavy (non-hydrogen) atoms. The van der Waals surface area contributed by atoms with E-state index in [1.54, 1.807) is 4.90 Å². The highest BCUT2D eigenvalue weighted by Crippen LogP contribution is 2.41. The summed E-state index contributed by atoms with van der Waals surface area (Å²) in [6.07, 6.45) is 2.87. The molecule has 1 heterocycles. The van der Waals surface area contributed by atoms with Gasteiger partial charge in [-0.15, -0.1) is 0 Å². The molecule has 1 saturated heterocycles. The smallest absolute Gasteiger partial charge is 0.248 e. The molecule has 2 fully saturated rings. The van der Waals surface area contributed by atoms with E-state index in [9.17, 15) is 9.59 Å². The van der Waals surface area contributed by atoms with E-state index >= 15 is 0 Å². The molecular formula is C17H22N2O2. The van der Waals surface area contributed by atoms with Crippen molar-refractivity contribution in [1.82, 2.24) is 10.2 Å². The van der Waals surface area contributed by atoms with E-state index in [-0.39, 0.29) is 18.4 Å². The highest BCUT2D eigenvalue weighted by Gasteiger charge is 2.52. The number of piperazine rings is 1. The quantitative estimate of drug-likeness (QED) is 0.915. The van der Waals surface area contributed by atoms with Gasteiger partial charge in [-0.3, -0.25) is 9.59 Å². The van der Waals surface area contributed by atoms with Gasteiger partial charge in [-0.2, -0.15) is 0 Å². The molecule has 1 saturated carbocycles. The van der Waals surface area contributed by atoms with Crippen LogP contribution < -0.4 is 5.32 Å². The Morgan fingerprint density at radius 3 is 2.76 bits per heavy atom. The lowest BCUT2D eigenvalue weighted by Crippen LogP contribution is -2.66. The van der Waals surface area contributed by atoms with Crippen LogP contribution in [0.15, 0.2) is 24.3 Å². The van der Waals surface area contributed by atoms with Crippen molar-refractivity contribution >= 4 is 11.8 Å². The fourth-order valence-corrected chi connectivity index (χ4v) is 3.21. The zero-order valence-electron chi connectivity index (χ0n) is 12.7. The van der Waals surface area contributed by atoms with Crippen molar-refractivity contribution in [3.63, 3.8) is 0 Å². The van der Waals surface area contributed by atoms with Gasteiger partial charge < -0.3 is 10.2 Å². The molecule has 1 aromatic carbocycles. The first-order valence-corrected chi connectivity index (χ1v) is 7.65. The maximum atomic E-state index is 12.7. The molecule has 0 bridgehead atoms. The molecular weight excluding hydrogens is 264 g/mol. The van der Waals surface area contributed by atoms with Crippen molar-refractivity contribution in [3.8, 4) is 0 Å². The van der Waals surface area contributed by atoms with E-state index in [1.165, 1.54) is 11.1 Å². The molecule has 0 radical (unpaired) electrons. The van der Waals surface area contributed by atoms with Crippen LogP contribution in [-0.4, -0.2) is 35.3 Å². The molecule has 4 nitrogen and oxygen atoms in total. The third-order valence-corrected chi connectivity index (χ3v) is 4.61. The fourth-order valence-electron chi connectivity index (χ4n) is 3.21. The Balaban J connectivity index is 1.69. The van der Waals surface area contributed by atoms with Crippen LogP contribution in [0.4, 0.5) is 0 Å². The summed E-state index contributed by atoms with van der Waals surface area (Å²) < 4.78 is 0. The summed E-state index contributed by atoms with van der Waals surface area (Å²) in [5, 5.41) is 2.91. The first-order valence-electron chi connectivity index (χ1n) is 7.65. The van der Waals surface area contributed by atoms with Gasteiger partial charge in [0.15, 0.2) is 0 Å². The molecule has 3 rings (SSSR count). The summed E-state index contributed by atoms with van der Waals surface area (Å²) in [5.74, 6) is 0.362. The molecule has 4 heteroatoms. The minimum Gasteiger partial charge on any atom is -0.340 e. The van der Waals surface area contributed by atoms with Crippen LogP contribution in [0.3, 0.4) is 0 Å². The Bertz CT molecular complexity index is 580. The second-order valence-corrected chi connectivity index (χ2v) is 6.49. The number of hydrogen-bond donors (Lipinski definition) is 1. The van der Waals surface area contributed by atoms with Crippen LogP contribution >= 0.6 is 0 Å². The van der Waals surface area contributed by atoms with Crippen LogP contribution in [0.5, 0.6) is 0 Å². The Hall–Kier alpha value is -1.84. The van der Waals surface area contributed by atoms with Gasteiger partial charge >= 0.3 is 0 Å². The number of nitrogens with zero attached hydrogens (tertiary/aromatic N) is 1. The summed E-state index contributed by atoms with van der Waals surface area (Å²) in [7, 11) is 0. The van der Waals surface area contributed by atoms with E-state index in [2.05, 4.69) is 30.4 Å². The Morgan fingerprint density at radius 2 is 2.10 bits per heavy atom. The molecule has 1 aliphatic heterocycles. The van der Waals surface area contributed by atoms with Gasteiger partial charge in [0.05, 0.1) is 6.54 Å². The number of nitrogens with one attached hydrogen (secondary N) is 1. The van der Waals surface area contributed by atoms with E-state index in [0.717, 1.165) is 19.3 Å².